The molecule has 1 aromatic rings. The number of unbranched alkanes of at least 4 members (excludes halogenated alkanes) is 1. The Morgan fingerprint density at radius 3 is 2.67 bits per heavy atom. The van der Waals surface area contributed by atoms with Crippen LogP contribution >= 0.6 is 11.3 Å². The molecule has 15 heavy (non-hydrogen) atoms. The molecule has 1 heterocycles. The van der Waals surface area contributed by atoms with Gasteiger partial charge in [0.25, 0.3) is 0 Å². The second-order valence-electron chi connectivity index (χ2n) is 4.53. The van der Waals surface area contributed by atoms with E-state index in [2.05, 4.69) is 32.2 Å². The second-order valence-corrected chi connectivity index (χ2v) is 5.53. The maximum Gasteiger partial charge on any atom is 0.00480 e. The van der Waals surface area contributed by atoms with Crippen molar-refractivity contribution >= 4 is 11.3 Å². The van der Waals surface area contributed by atoms with Crippen LogP contribution in [-0.2, 0) is 12.8 Å². The van der Waals surface area contributed by atoms with E-state index in [1.165, 1.54) is 44.1 Å². The zero-order valence-corrected chi connectivity index (χ0v) is 11.2. The fraction of sp³-hybridized carbons (Fsp3) is 0.714. The lowest BCUT2D eigenvalue weighted by molar-refractivity contribution is 0.485. The predicted octanol–water partition coefficient (Wildman–Crippen LogP) is 5.07. The first-order chi connectivity index (χ1) is 7.26. The van der Waals surface area contributed by atoms with Crippen LogP contribution in [0.25, 0.3) is 0 Å². The first-order valence-corrected chi connectivity index (χ1v) is 7.20. The number of aryl methyl sites for hydroxylation is 2. The summed E-state index contributed by atoms with van der Waals surface area (Å²) in [5.41, 5.74) is 1.51. The number of hydrogen-bond acceptors (Lipinski definition) is 1. The van der Waals surface area contributed by atoms with E-state index in [0.29, 0.717) is 0 Å². The SMILES string of the molecule is CCc1csc(CCCCC(C)CC)c1. The lowest BCUT2D eigenvalue weighted by Crippen LogP contribution is -1.92. The summed E-state index contributed by atoms with van der Waals surface area (Å²) in [5.74, 6) is 0.916. The molecule has 0 aliphatic rings. The Labute approximate surface area is 98.7 Å². The molecule has 1 rings (SSSR count). The highest BCUT2D eigenvalue weighted by atomic mass is 32.1. The molecule has 0 N–H and O–H groups in total. The van der Waals surface area contributed by atoms with Crippen molar-refractivity contribution in [1.29, 1.82) is 0 Å². The van der Waals surface area contributed by atoms with Gasteiger partial charge in [0.15, 0.2) is 0 Å². The summed E-state index contributed by atoms with van der Waals surface area (Å²) in [4.78, 5) is 1.58. The van der Waals surface area contributed by atoms with Crippen molar-refractivity contribution in [1.82, 2.24) is 0 Å². The molecule has 0 saturated heterocycles. The minimum atomic E-state index is 0.916. The normalized spacial score (nSPS) is 13.0. The van der Waals surface area contributed by atoms with E-state index in [-0.39, 0.29) is 0 Å². The van der Waals surface area contributed by atoms with Gasteiger partial charge in [0.1, 0.15) is 0 Å². The van der Waals surface area contributed by atoms with Crippen molar-refractivity contribution in [2.45, 2.75) is 59.3 Å². The summed E-state index contributed by atoms with van der Waals surface area (Å²) in [6, 6.07) is 2.38. The fourth-order valence-corrected chi connectivity index (χ4v) is 2.76. The Bertz CT molecular complexity index is 262. The summed E-state index contributed by atoms with van der Waals surface area (Å²) >= 11 is 1.94. The van der Waals surface area contributed by atoms with Crippen molar-refractivity contribution in [2.75, 3.05) is 0 Å². The topological polar surface area (TPSA) is 0 Å². The standard InChI is InChI=1S/C14H24S/c1-4-12(3)8-6-7-9-14-10-13(5-2)11-15-14/h10-12H,4-9H2,1-3H3. The lowest BCUT2D eigenvalue weighted by atomic mass is 10.0. The van der Waals surface area contributed by atoms with Gasteiger partial charge >= 0.3 is 0 Å². The smallest absolute Gasteiger partial charge is 0.00480 e. The van der Waals surface area contributed by atoms with Crippen LogP contribution in [0.4, 0.5) is 0 Å². The van der Waals surface area contributed by atoms with Gasteiger partial charge in [-0.25, -0.2) is 0 Å². The lowest BCUT2D eigenvalue weighted by Gasteiger charge is -2.06. The van der Waals surface area contributed by atoms with Gasteiger partial charge in [0.2, 0.25) is 0 Å². The maximum absolute atomic E-state index is 2.38. The van der Waals surface area contributed by atoms with Gasteiger partial charge in [0.05, 0.1) is 0 Å². The monoisotopic (exact) mass is 224 g/mol. The van der Waals surface area contributed by atoms with Gasteiger partial charge in [-0.2, -0.15) is 0 Å². The molecule has 0 radical (unpaired) electrons. The molecule has 0 aliphatic heterocycles. The van der Waals surface area contributed by atoms with Crippen LogP contribution < -0.4 is 0 Å². The van der Waals surface area contributed by atoms with Gasteiger partial charge in [-0.3, -0.25) is 0 Å². The Balaban J connectivity index is 2.14. The highest BCUT2D eigenvalue weighted by Crippen LogP contribution is 2.19. The minimum Gasteiger partial charge on any atom is -0.149 e. The Morgan fingerprint density at radius 1 is 1.27 bits per heavy atom. The van der Waals surface area contributed by atoms with Crippen molar-refractivity contribution in [3.05, 3.63) is 21.9 Å². The molecule has 0 bridgehead atoms. The average molecular weight is 224 g/mol. The van der Waals surface area contributed by atoms with Crippen LogP contribution in [0.3, 0.4) is 0 Å². The molecular weight excluding hydrogens is 200 g/mol. The first-order valence-electron chi connectivity index (χ1n) is 6.32. The summed E-state index contributed by atoms with van der Waals surface area (Å²) in [6.45, 7) is 6.88. The van der Waals surface area contributed by atoms with E-state index in [9.17, 15) is 0 Å². The molecule has 0 amide bonds. The third kappa shape index (κ3) is 4.83. The van der Waals surface area contributed by atoms with E-state index in [1.54, 1.807) is 4.88 Å². The van der Waals surface area contributed by atoms with Crippen LogP contribution in [-0.4, -0.2) is 0 Å². The summed E-state index contributed by atoms with van der Waals surface area (Å²) < 4.78 is 0. The van der Waals surface area contributed by atoms with Crippen LogP contribution in [0.15, 0.2) is 11.4 Å². The molecule has 86 valence electrons. The number of hydrogen-bond donors (Lipinski definition) is 0. The Hall–Kier alpha value is -0.300. The maximum atomic E-state index is 2.38. The van der Waals surface area contributed by atoms with Gasteiger partial charge in [-0.1, -0.05) is 40.0 Å². The van der Waals surface area contributed by atoms with E-state index < -0.39 is 0 Å². The molecule has 1 heteroatoms. The van der Waals surface area contributed by atoms with E-state index >= 15 is 0 Å². The predicted molar refractivity (Wildman–Crippen MR) is 70.7 cm³/mol. The molecule has 1 aromatic heterocycles. The largest absolute Gasteiger partial charge is 0.149 e. The molecule has 1 atom stereocenters. The van der Waals surface area contributed by atoms with E-state index in [4.69, 9.17) is 0 Å². The molecule has 0 saturated carbocycles. The molecule has 1 unspecified atom stereocenters. The summed E-state index contributed by atoms with van der Waals surface area (Å²) in [5, 5.41) is 2.31. The highest BCUT2D eigenvalue weighted by molar-refractivity contribution is 7.10. The van der Waals surface area contributed by atoms with Crippen molar-refractivity contribution < 1.29 is 0 Å². The number of rotatable bonds is 7. The molecule has 0 fully saturated rings. The van der Waals surface area contributed by atoms with Gasteiger partial charge in [-0.05, 0) is 42.2 Å². The molecule has 0 nitrogen and oxygen atoms in total. The Morgan fingerprint density at radius 2 is 2.07 bits per heavy atom. The average Bonchev–Trinajstić information content (AvgIpc) is 2.72. The quantitative estimate of drug-likeness (QED) is 0.567. The molecule has 0 spiro atoms. The minimum absolute atomic E-state index is 0.916. The third-order valence-corrected chi connectivity index (χ3v) is 4.23. The van der Waals surface area contributed by atoms with Crippen LogP contribution in [0.1, 0.15) is 56.9 Å². The zero-order valence-electron chi connectivity index (χ0n) is 10.4. The summed E-state index contributed by atoms with van der Waals surface area (Å²) in [7, 11) is 0. The van der Waals surface area contributed by atoms with Crippen LogP contribution in [0, 0.1) is 5.92 Å². The zero-order chi connectivity index (χ0) is 11.1. The molecule has 0 aromatic carbocycles. The van der Waals surface area contributed by atoms with Crippen molar-refractivity contribution in [2.24, 2.45) is 5.92 Å². The fourth-order valence-electron chi connectivity index (χ4n) is 1.74. The Kier molecular flexibility index (Phi) is 6.00. The third-order valence-electron chi connectivity index (χ3n) is 3.18. The molecule has 0 aliphatic carbocycles. The first kappa shape index (κ1) is 12.8. The van der Waals surface area contributed by atoms with Crippen molar-refractivity contribution in [3.8, 4) is 0 Å². The second kappa shape index (κ2) is 7.05. The highest BCUT2D eigenvalue weighted by Gasteiger charge is 2.01. The van der Waals surface area contributed by atoms with Crippen LogP contribution in [0.5, 0.6) is 0 Å². The number of thiophene rings is 1. The van der Waals surface area contributed by atoms with Gasteiger partial charge in [-0.15, -0.1) is 11.3 Å². The van der Waals surface area contributed by atoms with E-state index in [1.807, 2.05) is 11.3 Å². The van der Waals surface area contributed by atoms with Gasteiger partial charge in [0, 0.05) is 4.88 Å². The van der Waals surface area contributed by atoms with Gasteiger partial charge < -0.3 is 0 Å². The van der Waals surface area contributed by atoms with E-state index in [0.717, 1.165) is 5.92 Å². The van der Waals surface area contributed by atoms with Crippen molar-refractivity contribution in [3.63, 3.8) is 0 Å². The molecular formula is C14H24S. The summed E-state index contributed by atoms with van der Waals surface area (Å²) in [6.07, 6.45) is 7.98. The van der Waals surface area contributed by atoms with Crippen LogP contribution in [0.2, 0.25) is 0 Å².